The van der Waals surface area contributed by atoms with Crippen LogP contribution in [0.4, 0.5) is 0 Å². The molecule has 0 atom stereocenters. The second-order valence-electron chi connectivity index (χ2n) is 5.88. The maximum Gasteiger partial charge on any atom is 0.253 e. The van der Waals surface area contributed by atoms with Gasteiger partial charge in [-0.3, -0.25) is 9.78 Å². The van der Waals surface area contributed by atoms with Crippen molar-refractivity contribution in [3.05, 3.63) is 29.6 Å². The molecular formula is C17H27N3O2. The molecule has 1 N–H and O–H groups in total. The smallest absolute Gasteiger partial charge is 0.253 e. The van der Waals surface area contributed by atoms with E-state index in [1.54, 1.807) is 12.4 Å². The Morgan fingerprint density at radius 1 is 1.45 bits per heavy atom. The van der Waals surface area contributed by atoms with Crippen LogP contribution in [0.1, 0.15) is 35.7 Å². The zero-order valence-corrected chi connectivity index (χ0v) is 13.7. The largest absolute Gasteiger partial charge is 0.380 e. The fourth-order valence-corrected chi connectivity index (χ4v) is 2.79. The summed E-state index contributed by atoms with van der Waals surface area (Å²) in [6.45, 7) is 9.54. The van der Waals surface area contributed by atoms with Gasteiger partial charge in [0.25, 0.3) is 5.91 Å². The van der Waals surface area contributed by atoms with Gasteiger partial charge in [0.2, 0.25) is 0 Å². The molecule has 122 valence electrons. The summed E-state index contributed by atoms with van der Waals surface area (Å²) >= 11 is 0. The maximum absolute atomic E-state index is 12.2. The average molecular weight is 305 g/mol. The first-order chi connectivity index (χ1) is 10.7. The van der Waals surface area contributed by atoms with E-state index in [0.717, 1.165) is 57.8 Å². The van der Waals surface area contributed by atoms with Gasteiger partial charge < -0.3 is 15.0 Å². The predicted molar refractivity (Wildman–Crippen MR) is 87.0 cm³/mol. The summed E-state index contributed by atoms with van der Waals surface area (Å²) in [5.74, 6) is 0.564. The van der Waals surface area contributed by atoms with Crippen LogP contribution in [0, 0.1) is 12.8 Å². The Bertz CT molecular complexity index is 471. The third-order valence-electron chi connectivity index (χ3n) is 4.30. The van der Waals surface area contributed by atoms with Gasteiger partial charge in [0.1, 0.15) is 0 Å². The molecule has 0 bridgehead atoms. The van der Waals surface area contributed by atoms with E-state index in [1.807, 2.05) is 19.9 Å². The van der Waals surface area contributed by atoms with Crippen molar-refractivity contribution in [1.29, 1.82) is 0 Å². The van der Waals surface area contributed by atoms with Gasteiger partial charge in [-0.2, -0.15) is 0 Å². The van der Waals surface area contributed by atoms with Gasteiger partial charge >= 0.3 is 0 Å². The van der Waals surface area contributed by atoms with Gasteiger partial charge in [0.15, 0.2) is 0 Å². The molecule has 1 amide bonds. The maximum atomic E-state index is 12.2. The lowest BCUT2D eigenvalue weighted by molar-refractivity contribution is 0.0891. The number of aryl methyl sites for hydroxylation is 1. The number of nitrogens with zero attached hydrogens (tertiary/aromatic N) is 2. The lowest BCUT2D eigenvalue weighted by Gasteiger charge is -2.31. The minimum absolute atomic E-state index is 0.00984. The molecule has 5 nitrogen and oxygen atoms in total. The SMILES string of the molecule is CCOCCN1CCC(CNC(=O)c2cnccc2C)CC1. The number of nitrogens with one attached hydrogen (secondary N) is 1. The van der Waals surface area contributed by atoms with Crippen molar-refractivity contribution in [2.24, 2.45) is 5.92 Å². The number of aromatic nitrogens is 1. The van der Waals surface area contributed by atoms with E-state index in [4.69, 9.17) is 4.74 Å². The number of amides is 1. The zero-order valence-electron chi connectivity index (χ0n) is 13.7. The van der Waals surface area contributed by atoms with E-state index >= 15 is 0 Å². The van der Waals surface area contributed by atoms with Crippen LogP contribution in [0.15, 0.2) is 18.5 Å². The van der Waals surface area contributed by atoms with Crippen molar-refractivity contribution in [2.45, 2.75) is 26.7 Å². The monoisotopic (exact) mass is 305 g/mol. The molecule has 0 saturated carbocycles. The molecular weight excluding hydrogens is 278 g/mol. The van der Waals surface area contributed by atoms with Crippen molar-refractivity contribution in [3.8, 4) is 0 Å². The zero-order chi connectivity index (χ0) is 15.8. The lowest BCUT2D eigenvalue weighted by atomic mass is 9.96. The summed E-state index contributed by atoms with van der Waals surface area (Å²) < 4.78 is 5.40. The van der Waals surface area contributed by atoms with Crippen LogP contribution in [0.2, 0.25) is 0 Å². The standard InChI is InChI=1S/C17H27N3O2/c1-3-22-11-10-20-8-5-15(6-9-20)12-19-17(21)16-13-18-7-4-14(16)2/h4,7,13,15H,3,5-6,8-12H2,1-2H3,(H,19,21). The van der Waals surface area contributed by atoms with E-state index in [0.29, 0.717) is 11.5 Å². The number of piperidine rings is 1. The van der Waals surface area contributed by atoms with Crippen LogP contribution in [0.5, 0.6) is 0 Å². The number of carbonyl (C=O) groups is 1. The summed E-state index contributed by atoms with van der Waals surface area (Å²) in [5.41, 5.74) is 1.65. The summed E-state index contributed by atoms with van der Waals surface area (Å²) in [6.07, 6.45) is 5.63. The molecule has 5 heteroatoms. The van der Waals surface area contributed by atoms with Gasteiger partial charge in [-0.1, -0.05) is 0 Å². The second kappa shape index (κ2) is 8.86. The van der Waals surface area contributed by atoms with Crippen molar-refractivity contribution >= 4 is 5.91 Å². The van der Waals surface area contributed by atoms with E-state index in [-0.39, 0.29) is 5.91 Å². The summed E-state index contributed by atoms with van der Waals surface area (Å²) in [7, 11) is 0. The Labute approximate surface area is 133 Å². The molecule has 0 aromatic carbocycles. The van der Waals surface area contributed by atoms with Gasteiger partial charge in [0, 0.05) is 32.1 Å². The van der Waals surface area contributed by atoms with E-state index < -0.39 is 0 Å². The number of hydrogen-bond donors (Lipinski definition) is 1. The minimum Gasteiger partial charge on any atom is -0.380 e. The Kier molecular flexibility index (Phi) is 6.80. The second-order valence-corrected chi connectivity index (χ2v) is 5.88. The Morgan fingerprint density at radius 3 is 2.91 bits per heavy atom. The van der Waals surface area contributed by atoms with Crippen LogP contribution in [-0.4, -0.2) is 55.2 Å². The molecule has 1 saturated heterocycles. The fourth-order valence-electron chi connectivity index (χ4n) is 2.79. The first-order valence-corrected chi connectivity index (χ1v) is 8.19. The third-order valence-corrected chi connectivity index (χ3v) is 4.30. The summed E-state index contributed by atoms with van der Waals surface area (Å²) in [4.78, 5) is 18.6. The first kappa shape index (κ1) is 16.9. The molecule has 1 aromatic heterocycles. The van der Waals surface area contributed by atoms with Gasteiger partial charge in [-0.15, -0.1) is 0 Å². The fraction of sp³-hybridized carbons (Fsp3) is 0.647. The molecule has 2 rings (SSSR count). The van der Waals surface area contributed by atoms with Crippen LogP contribution < -0.4 is 5.32 Å². The highest BCUT2D eigenvalue weighted by Crippen LogP contribution is 2.16. The molecule has 1 aliphatic rings. The van der Waals surface area contributed by atoms with E-state index in [1.165, 1.54) is 0 Å². The summed E-state index contributed by atoms with van der Waals surface area (Å²) in [5, 5.41) is 3.05. The minimum atomic E-state index is -0.00984. The van der Waals surface area contributed by atoms with Crippen LogP contribution in [-0.2, 0) is 4.74 Å². The lowest BCUT2D eigenvalue weighted by Crippen LogP contribution is -2.40. The Hall–Kier alpha value is -1.46. The average Bonchev–Trinajstić information content (AvgIpc) is 2.54. The van der Waals surface area contributed by atoms with Crippen LogP contribution >= 0.6 is 0 Å². The van der Waals surface area contributed by atoms with Gasteiger partial charge in [-0.25, -0.2) is 0 Å². The van der Waals surface area contributed by atoms with E-state index in [2.05, 4.69) is 15.2 Å². The number of likely N-dealkylation sites (tertiary alicyclic amines) is 1. The highest BCUT2D eigenvalue weighted by molar-refractivity contribution is 5.95. The number of hydrogen-bond acceptors (Lipinski definition) is 4. The van der Waals surface area contributed by atoms with Gasteiger partial charge in [0.05, 0.1) is 12.2 Å². The number of ether oxygens (including phenoxy) is 1. The number of carbonyl (C=O) groups excluding carboxylic acids is 1. The highest BCUT2D eigenvalue weighted by Gasteiger charge is 2.20. The molecule has 2 heterocycles. The van der Waals surface area contributed by atoms with Crippen molar-refractivity contribution in [3.63, 3.8) is 0 Å². The predicted octanol–water partition coefficient (Wildman–Crippen LogP) is 1.87. The molecule has 0 radical (unpaired) electrons. The molecule has 1 aromatic rings. The molecule has 0 unspecified atom stereocenters. The molecule has 22 heavy (non-hydrogen) atoms. The third kappa shape index (κ3) is 5.07. The van der Waals surface area contributed by atoms with Crippen molar-refractivity contribution < 1.29 is 9.53 Å². The van der Waals surface area contributed by atoms with E-state index in [9.17, 15) is 4.79 Å². The van der Waals surface area contributed by atoms with Crippen molar-refractivity contribution in [1.82, 2.24) is 15.2 Å². The molecule has 0 aliphatic carbocycles. The number of rotatable bonds is 7. The normalized spacial score (nSPS) is 16.6. The highest BCUT2D eigenvalue weighted by atomic mass is 16.5. The number of pyridine rings is 1. The Morgan fingerprint density at radius 2 is 2.23 bits per heavy atom. The molecule has 0 spiro atoms. The quantitative estimate of drug-likeness (QED) is 0.781. The van der Waals surface area contributed by atoms with Crippen LogP contribution in [0.25, 0.3) is 0 Å². The Balaban J connectivity index is 1.68. The topological polar surface area (TPSA) is 54.5 Å². The first-order valence-electron chi connectivity index (χ1n) is 8.19. The molecule has 1 fully saturated rings. The van der Waals surface area contributed by atoms with Crippen molar-refractivity contribution in [2.75, 3.05) is 39.4 Å². The van der Waals surface area contributed by atoms with Crippen LogP contribution in [0.3, 0.4) is 0 Å². The summed E-state index contributed by atoms with van der Waals surface area (Å²) in [6, 6.07) is 1.87. The van der Waals surface area contributed by atoms with Gasteiger partial charge in [-0.05, 0) is 57.3 Å². The molecule has 1 aliphatic heterocycles.